The second-order valence-corrected chi connectivity index (χ2v) is 3.19. The Morgan fingerprint density at radius 2 is 2.17 bits per heavy atom. The molecule has 1 rings (SSSR count). The maximum Gasteiger partial charge on any atom is 0.124 e. The minimum Gasteiger partial charge on any atom is -0.496 e. The van der Waals surface area contributed by atoms with Crippen molar-refractivity contribution in [3.05, 3.63) is 28.8 Å². The second-order valence-electron chi connectivity index (χ2n) is 2.29. The summed E-state index contributed by atoms with van der Waals surface area (Å²) in [6.07, 6.45) is 0. The van der Waals surface area contributed by atoms with Gasteiger partial charge in [0, 0.05) is 10.6 Å². The van der Waals surface area contributed by atoms with E-state index in [-0.39, 0.29) is 0 Å². The van der Waals surface area contributed by atoms with Crippen molar-refractivity contribution >= 4 is 23.2 Å². The summed E-state index contributed by atoms with van der Waals surface area (Å²) in [6, 6.07) is 5.15. The van der Waals surface area contributed by atoms with E-state index in [0.717, 1.165) is 0 Å². The zero-order chi connectivity index (χ0) is 9.14. The Hall–Kier alpha value is -0.440. The minimum atomic E-state index is -0.585. The number of ether oxygens (including phenoxy) is 1. The average Bonchev–Trinajstić information content (AvgIpc) is 2.04. The molecule has 0 fully saturated rings. The largest absolute Gasteiger partial charge is 0.496 e. The van der Waals surface area contributed by atoms with Gasteiger partial charge in [0.25, 0.3) is 0 Å². The predicted molar refractivity (Wildman–Crippen MR) is 50.8 cm³/mol. The molecule has 1 atom stereocenters. The van der Waals surface area contributed by atoms with E-state index in [0.29, 0.717) is 16.3 Å². The highest BCUT2D eigenvalue weighted by Gasteiger charge is 2.08. The van der Waals surface area contributed by atoms with Crippen molar-refractivity contribution in [2.45, 2.75) is 5.50 Å². The average molecular weight is 206 g/mol. The molecule has 2 N–H and O–H groups in total. The van der Waals surface area contributed by atoms with Crippen LogP contribution in [0.2, 0.25) is 5.02 Å². The van der Waals surface area contributed by atoms with Crippen LogP contribution in [-0.4, -0.2) is 7.11 Å². The van der Waals surface area contributed by atoms with Crippen LogP contribution in [-0.2, 0) is 0 Å². The van der Waals surface area contributed by atoms with E-state index in [2.05, 4.69) is 0 Å². The van der Waals surface area contributed by atoms with Crippen molar-refractivity contribution in [2.24, 2.45) is 5.73 Å². The van der Waals surface area contributed by atoms with Crippen LogP contribution in [0.25, 0.3) is 0 Å². The highest BCUT2D eigenvalue weighted by atomic mass is 35.5. The van der Waals surface area contributed by atoms with Crippen LogP contribution in [0.1, 0.15) is 11.1 Å². The van der Waals surface area contributed by atoms with Gasteiger partial charge in [-0.1, -0.05) is 11.6 Å². The van der Waals surface area contributed by atoms with Gasteiger partial charge in [-0.05, 0) is 18.2 Å². The summed E-state index contributed by atoms with van der Waals surface area (Å²) >= 11 is 11.4. The second kappa shape index (κ2) is 3.99. The lowest BCUT2D eigenvalue weighted by atomic mass is 10.2. The Kier molecular flexibility index (Phi) is 3.20. The van der Waals surface area contributed by atoms with Crippen molar-refractivity contribution < 1.29 is 4.74 Å². The van der Waals surface area contributed by atoms with E-state index < -0.39 is 5.50 Å². The maximum atomic E-state index is 5.75. The number of halogens is 2. The van der Waals surface area contributed by atoms with Gasteiger partial charge in [0.05, 0.1) is 7.11 Å². The third-order valence-corrected chi connectivity index (χ3v) is 1.96. The van der Waals surface area contributed by atoms with E-state index in [1.165, 1.54) is 0 Å². The van der Waals surface area contributed by atoms with Crippen molar-refractivity contribution in [2.75, 3.05) is 7.11 Å². The molecule has 1 aromatic rings. The number of nitrogens with two attached hydrogens (primary N) is 1. The highest BCUT2D eigenvalue weighted by molar-refractivity contribution is 6.30. The molecule has 0 aliphatic carbocycles. The molecule has 0 amide bonds. The fourth-order valence-electron chi connectivity index (χ4n) is 0.921. The molecule has 0 radical (unpaired) electrons. The molecule has 2 nitrogen and oxygen atoms in total. The molecule has 0 aliphatic rings. The molecule has 1 unspecified atom stereocenters. The minimum absolute atomic E-state index is 0.585. The smallest absolute Gasteiger partial charge is 0.124 e. The van der Waals surface area contributed by atoms with Gasteiger partial charge in [0.1, 0.15) is 11.3 Å². The molecular formula is C8H9Cl2NO. The zero-order valence-electron chi connectivity index (χ0n) is 6.55. The van der Waals surface area contributed by atoms with E-state index >= 15 is 0 Å². The summed E-state index contributed by atoms with van der Waals surface area (Å²) < 4.78 is 5.04. The van der Waals surface area contributed by atoms with E-state index in [9.17, 15) is 0 Å². The summed E-state index contributed by atoms with van der Waals surface area (Å²) in [4.78, 5) is 0. The number of rotatable bonds is 2. The molecule has 0 saturated heterocycles. The number of hydrogen-bond acceptors (Lipinski definition) is 2. The topological polar surface area (TPSA) is 35.2 Å². The Bertz CT molecular complexity index is 276. The normalized spacial score (nSPS) is 12.7. The molecule has 0 spiro atoms. The quantitative estimate of drug-likeness (QED) is 0.596. The van der Waals surface area contributed by atoms with Gasteiger partial charge >= 0.3 is 0 Å². The molecule has 0 aromatic heterocycles. The van der Waals surface area contributed by atoms with Crippen molar-refractivity contribution in [3.8, 4) is 5.75 Å². The fraction of sp³-hybridized carbons (Fsp3) is 0.250. The zero-order valence-corrected chi connectivity index (χ0v) is 8.06. The summed E-state index contributed by atoms with van der Waals surface area (Å²) in [5, 5.41) is 0.599. The SMILES string of the molecule is COc1ccc(Cl)cc1C(N)Cl. The first kappa shape index (κ1) is 9.65. The van der Waals surface area contributed by atoms with Crippen molar-refractivity contribution in [1.29, 1.82) is 0 Å². The first-order valence-corrected chi connectivity index (χ1v) is 4.19. The van der Waals surface area contributed by atoms with Gasteiger partial charge in [0.15, 0.2) is 0 Å². The Balaban J connectivity index is 3.12. The van der Waals surface area contributed by atoms with Crippen LogP contribution < -0.4 is 10.5 Å². The van der Waals surface area contributed by atoms with E-state index in [4.69, 9.17) is 33.7 Å². The molecule has 0 heterocycles. The summed E-state index contributed by atoms with van der Waals surface area (Å²) in [5.74, 6) is 0.655. The first-order valence-electron chi connectivity index (χ1n) is 3.38. The lowest BCUT2D eigenvalue weighted by Gasteiger charge is -2.09. The molecule has 0 aliphatic heterocycles. The van der Waals surface area contributed by atoms with Gasteiger partial charge in [-0.15, -0.1) is 11.6 Å². The summed E-state index contributed by atoms with van der Waals surface area (Å²) in [5.41, 5.74) is 5.60. The maximum absolute atomic E-state index is 5.75. The number of hydrogen-bond donors (Lipinski definition) is 1. The molecule has 0 saturated carbocycles. The van der Waals surface area contributed by atoms with Crippen LogP contribution in [0.4, 0.5) is 0 Å². The van der Waals surface area contributed by atoms with E-state index in [1.807, 2.05) is 0 Å². The van der Waals surface area contributed by atoms with Crippen LogP contribution in [0.3, 0.4) is 0 Å². The fourth-order valence-corrected chi connectivity index (χ4v) is 1.27. The van der Waals surface area contributed by atoms with Crippen molar-refractivity contribution in [3.63, 3.8) is 0 Å². The van der Waals surface area contributed by atoms with Gasteiger partial charge < -0.3 is 10.5 Å². The van der Waals surface area contributed by atoms with Crippen LogP contribution in [0.15, 0.2) is 18.2 Å². The Morgan fingerprint density at radius 3 is 2.67 bits per heavy atom. The lowest BCUT2D eigenvalue weighted by molar-refractivity contribution is 0.409. The number of benzene rings is 1. The van der Waals surface area contributed by atoms with Gasteiger partial charge in [0.2, 0.25) is 0 Å². The highest BCUT2D eigenvalue weighted by Crippen LogP contribution is 2.28. The van der Waals surface area contributed by atoms with Crippen LogP contribution in [0.5, 0.6) is 5.75 Å². The monoisotopic (exact) mass is 205 g/mol. The molecule has 12 heavy (non-hydrogen) atoms. The third kappa shape index (κ3) is 2.03. The lowest BCUT2D eigenvalue weighted by Crippen LogP contribution is -2.04. The van der Waals surface area contributed by atoms with E-state index in [1.54, 1.807) is 25.3 Å². The first-order chi connectivity index (χ1) is 5.65. The number of methoxy groups -OCH3 is 1. The third-order valence-electron chi connectivity index (χ3n) is 1.49. The Labute approximate surface area is 81.2 Å². The van der Waals surface area contributed by atoms with Crippen molar-refractivity contribution in [1.82, 2.24) is 0 Å². The molecule has 66 valence electrons. The van der Waals surface area contributed by atoms with Crippen LogP contribution >= 0.6 is 23.2 Å². The van der Waals surface area contributed by atoms with Gasteiger partial charge in [-0.25, -0.2) is 0 Å². The molecule has 0 bridgehead atoms. The van der Waals surface area contributed by atoms with Gasteiger partial charge in [-0.3, -0.25) is 0 Å². The van der Waals surface area contributed by atoms with Crippen LogP contribution in [0, 0.1) is 0 Å². The summed E-state index contributed by atoms with van der Waals surface area (Å²) in [7, 11) is 1.56. The van der Waals surface area contributed by atoms with Gasteiger partial charge in [-0.2, -0.15) is 0 Å². The Morgan fingerprint density at radius 1 is 1.50 bits per heavy atom. The molecule has 4 heteroatoms. The predicted octanol–water partition coefficient (Wildman–Crippen LogP) is 2.54. The standard InChI is InChI=1S/C8H9Cl2NO/c1-12-7-3-2-5(9)4-6(7)8(10)11/h2-4,8H,11H2,1H3. The summed E-state index contributed by atoms with van der Waals surface area (Å²) in [6.45, 7) is 0. The molecular weight excluding hydrogens is 197 g/mol. The number of alkyl halides is 1. The molecule has 1 aromatic carbocycles.